The molecular formula is C24H27N5O3. The number of aliphatic hydroxyl groups is 1. The maximum atomic E-state index is 12.4. The Hall–Kier alpha value is -3.44. The summed E-state index contributed by atoms with van der Waals surface area (Å²) in [5.41, 5.74) is 4.86. The average molecular weight is 434 g/mol. The zero-order chi connectivity index (χ0) is 22.7. The number of aromatic nitrogens is 1. The standard InChI is InChI=1S/C24H27N5O3/c1-16(30)15-26-23(31)24(32)29-12-10-28(11-13-29)22-20(14-25)18-8-5-9-19(18)21(27-22)17-6-3-2-4-7-17/h2-4,6-7,16,30H,5,8-13,15H2,1H3,(H,26,31)/t16-/m1/s1. The summed E-state index contributed by atoms with van der Waals surface area (Å²) in [6, 6.07) is 12.4. The third-order valence-corrected chi connectivity index (χ3v) is 6.02. The molecule has 1 aliphatic heterocycles. The highest BCUT2D eigenvalue weighted by atomic mass is 16.3. The summed E-state index contributed by atoms with van der Waals surface area (Å²) >= 11 is 0. The van der Waals surface area contributed by atoms with Gasteiger partial charge in [-0.3, -0.25) is 9.59 Å². The Balaban J connectivity index is 1.56. The number of hydrogen-bond donors (Lipinski definition) is 2. The van der Waals surface area contributed by atoms with Crippen molar-refractivity contribution < 1.29 is 14.7 Å². The molecule has 4 rings (SSSR count). The van der Waals surface area contributed by atoms with Crippen molar-refractivity contribution in [1.82, 2.24) is 15.2 Å². The monoisotopic (exact) mass is 433 g/mol. The fourth-order valence-electron chi connectivity index (χ4n) is 4.41. The molecule has 1 fully saturated rings. The number of carbonyl (C=O) groups excluding carboxylic acids is 2. The zero-order valence-electron chi connectivity index (χ0n) is 18.2. The number of aliphatic hydroxyl groups excluding tert-OH is 1. The normalized spacial score (nSPS) is 16.3. The molecule has 1 atom stereocenters. The van der Waals surface area contributed by atoms with E-state index in [1.807, 2.05) is 35.2 Å². The van der Waals surface area contributed by atoms with Gasteiger partial charge in [0.05, 0.1) is 17.4 Å². The van der Waals surface area contributed by atoms with Crippen LogP contribution in [-0.2, 0) is 22.4 Å². The van der Waals surface area contributed by atoms with Gasteiger partial charge in [-0.05, 0) is 37.3 Å². The van der Waals surface area contributed by atoms with Crippen LogP contribution < -0.4 is 10.2 Å². The topological polar surface area (TPSA) is 110 Å². The van der Waals surface area contributed by atoms with E-state index in [-0.39, 0.29) is 6.54 Å². The molecule has 0 saturated carbocycles. The number of hydrogen-bond acceptors (Lipinski definition) is 6. The Labute approximate surface area is 187 Å². The number of anilines is 1. The Morgan fingerprint density at radius 2 is 1.84 bits per heavy atom. The smallest absolute Gasteiger partial charge is 0.312 e. The molecule has 0 radical (unpaired) electrons. The molecule has 0 bridgehead atoms. The summed E-state index contributed by atoms with van der Waals surface area (Å²) in [7, 11) is 0. The second-order valence-corrected chi connectivity index (χ2v) is 8.29. The van der Waals surface area contributed by atoms with Gasteiger partial charge in [0.25, 0.3) is 0 Å². The van der Waals surface area contributed by atoms with Crippen LogP contribution in [0.4, 0.5) is 5.82 Å². The molecule has 32 heavy (non-hydrogen) atoms. The first kappa shape index (κ1) is 21.8. The molecule has 8 heteroatoms. The average Bonchev–Trinajstić information content (AvgIpc) is 3.31. The third-order valence-electron chi connectivity index (χ3n) is 6.02. The van der Waals surface area contributed by atoms with Crippen molar-refractivity contribution >= 4 is 17.6 Å². The van der Waals surface area contributed by atoms with Crippen molar-refractivity contribution in [2.75, 3.05) is 37.6 Å². The van der Waals surface area contributed by atoms with Gasteiger partial charge in [-0.15, -0.1) is 0 Å². The van der Waals surface area contributed by atoms with Crippen LogP contribution in [0.25, 0.3) is 11.3 Å². The van der Waals surface area contributed by atoms with Gasteiger partial charge in [0.1, 0.15) is 11.9 Å². The maximum Gasteiger partial charge on any atom is 0.312 e. The minimum absolute atomic E-state index is 0.0391. The molecule has 2 amide bonds. The molecule has 1 aliphatic carbocycles. The number of benzene rings is 1. The van der Waals surface area contributed by atoms with Crippen LogP contribution in [-0.4, -0.2) is 65.6 Å². The molecule has 1 saturated heterocycles. The number of carbonyl (C=O) groups is 2. The van der Waals surface area contributed by atoms with Gasteiger partial charge in [0.15, 0.2) is 0 Å². The lowest BCUT2D eigenvalue weighted by Crippen LogP contribution is -2.53. The number of pyridine rings is 1. The van der Waals surface area contributed by atoms with Crippen molar-refractivity contribution in [3.05, 3.63) is 47.0 Å². The first-order valence-electron chi connectivity index (χ1n) is 11.0. The highest BCUT2D eigenvalue weighted by Gasteiger charge is 2.30. The van der Waals surface area contributed by atoms with Crippen molar-refractivity contribution in [3.8, 4) is 17.3 Å². The lowest BCUT2D eigenvalue weighted by atomic mass is 9.98. The lowest BCUT2D eigenvalue weighted by molar-refractivity contribution is -0.146. The zero-order valence-corrected chi connectivity index (χ0v) is 18.2. The second-order valence-electron chi connectivity index (χ2n) is 8.29. The summed E-state index contributed by atoms with van der Waals surface area (Å²) in [4.78, 5) is 33.0. The summed E-state index contributed by atoms with van der Waals surface area (Å²) < 4.78 is 0. The molecule has 0 unspecified atom stereocenters. The summed E-state index contributed by atoms with van der Waals surface area (Å²) in [6.07, 6.45) is 2.09. The molecule has 0 spiro atoms. The number of rotatable bonds is 4. The van der Waals surface area contributed by atoms with Crippen LogP contribution in [0.5, 0.6) is 0 Å². The molecule has 1 aromatic carbocycles. The van der Waals surface area contributed by atoms with Crippen molar-refractivity contribution in [1.29, 1.82) is 5.26 Å². The van der Waals surface area contributed by atoms with E-state index in [9.17, 15) is 20.0 Å². The van der Waals surface area contributed by atoms with Gasteiger partial charge >= 0.3 is 11.8 Å². The van der Waals surface area contributed by atoms with E-state index in [2.05, 4.69) is 11.4 Å². The van der Waals surface area contributed by atoms with E-state index >= 15 is 0 Å². The van der Waals surface area contributed by atoms with Gasteiger partial charge in [-0.1, -0.05) is 30.3 Å². The Morgan fingerprint density at radius 1 is 1.16 bits per heavy atom. The SMILES string of the molecule is C[C@@H](O)CNC(=O)C(=O)N1CCN(c2nc(-c3ccccc3)c3c(c2C#N)CCC3)CC1. The number of nitriles is 1. The number of amides is 2. The van der Waals surface area contributed by atoms with E-state index < -0.39 is 17.9 Å². The number of nitrogens with zero attached hydrogens (tertiary/aromatic N) is 4. The highest BCUT2D eigenvalue weighted by molar-refractivity contribution is 6.35. The van der Waals surface area contributed by atoms with Gasteiger partial charge in [-0.25, -0.2) is 4.98 Å². The molecule has 2 aliphatic rings. The van der Waals surface area contributed by atoms with Crippen LogP contribution in [0.15, 0.2) is 30.3 Å². The van der Waals surface area contributed by atoms with Crippen molar-refractivity contribution in [2.45, 2.75) is 32.3 Å². The molecule has 166 valence electrons. The maximum absolute atomic E-state index is 12.4. The Morgan fingerprint density at radius 3 is 2.50 bits per heavy atom. The van der Waals surface area contributed by atoms with E-state index in [0.29, 0.717) is 37.6 Å². The van der Waals surface area contributed by atoms with Crippen LogP contribution in [0.3, 0.4) is 0 Å². The van der Waals surface area contributed by atoms with E-state index in [4.69, 9.17) is 4.98 Å². The lowest BCUT2D eigenvalue weighted by Gasteiger charge is -2.36. The molecule has 2 aromatic rings. The molecule has 1 aromatic heterocycles. The summed E-state index contributed by atoms with van der Waals surface area (Å²) in [5.74, 6) is -0.644. The minimum atomic E-state index is -0.710. The number of nitrogens with one attached hydrogen (secondary N) is 1. The summed E-state index contributed by atoms with van der Waals surface area (Å²) in [6.45, 7) is 3.30. The quantitative estimate of drug-likeness (QED) is 0.703. The predicted octanol–water partition coefficient (Wildman–Crippen LogP) is 1.25. The first-order chi connectivity index (χ1) is 15.5. The molecule has 2 N–H and O–H groups in total. The molecular weight excluding hydrogens is 406 g/mol. The second kappa shape index (κ2) is 9.37. The summed E-state index contributed by atoms with van der Waals surface area (Å²) in [5, 5.41) is 21.7. The Kier molecular flexibility index (Phi) is 6.37. The van der Waals surface area contributed by atoms with Crippen molar-refractivity contribution in [2.24, 2.45) is 0 Å². The molecule has 8 nitrogen and oxygen atoms in total. The predicted molar refractivity (Wildman–Crippen MR) is 120 cm³/mol. The largest absolute Gasteiger partial charge is 0.392 e. The van der Waals surface area contributed by atoms with Crippen LogP contribution >= 0.6 is 0 Å². The fourth-order valence-corrected chi connectivity index (χ4v) is 4.41. The highest BCUT2D eigenvalue weighted by Crippen LogP contribution is 2.37. The number of fused-ring (bicyclic) bond motifs is 1. The van der Waals surface area contributed by atoms with Gasteiger partial charge in [-0.2, -0.15) is 5.26 Å². The van der Waals surface area contributed by atoms with Crippen molar-refractivity contribution in [3.63, 3.8) is 0 Å². The van der Waals surface area contributed by atoms with Gasteiger partial charge in [0, 0.05) is 38.3 Å². The van der Waals surface area contributed by atoms with Gasteiger partial charge in [0.2, 0.25) is 0 Å². The number of piperazine rings is 1. The van der Waals surface area contributed by atoms with Crippen LogP contribution in [0.2, 0.25) is 0 Å². The van der Waals surface area contributed by atoms with Crippen LogP contribution in [0.1, 0.15) is 30.0 Å². The minimum Gasteiger partial charge on any atom is -0.392 e. The van der Waals surface area contributed by atoms with E-state index in [0.717, 1.165) is 36.1 Å². The van der Waals surface area contributed by atoms with E-state index in [1.165, 1.54) is 10.5 Å². The Bertz CT molecular complexity index is 1050. The first-order valence-corrected chi connectivity index (χ1v) is 11.0. The van der Waals surface area contributed by atoms with E-state index in [1.54, 1.807) is 6.92 Å². The molecule has 2 heterocycles. The third kappa shape index (κ3) is 4.30. The van der Waals surface area contributed by atoms with Crippen LogP contribution in [0, 0.1) is 11.3 Å². The fraction of sp³-hybridized carbons (Fsp3) is 0.417. The van der Waals surface area contributed by atoms with Gasteiger partial charge < -0.3 is 20.2 Å².